The van der Waals surface area contributed by atoms with Crippen LogP contribution in [0.1, 0.15) is 5.56 Å². The third-order valence-corrected chi connectivity index (χ3v) is 2.89. The number of aryl methyl sites for hydroxylation is 1. The molecule has 0 saturated carbocycles. The predicted molar refractivity (Wildman–Crippen MR) is 57.2 cm³/mol. The molecule has 0 spiro atoms. The summed E-state index contributed by atoms with van der Waals surface area (Å²) >= 11 is 0.825. The summed E-state index contributed by atoms with van der Waals surface area (Å²) in [6.45, 7) is 2.00. The molecule has 0 atom stereocenters. The van der Waals surface area contributed by atoms with Gasteiger partial charge < -0.3 is 4.55 Å². The van der Waals surface area contributed by atoms with Gasteiger partial charge in [-0.15, -0.1) is 0 Å². The molecule has 0 heterocycles. The number of benzene rings is 2. The van der Waals surface area contributed by atoms with Gasteiger partial charge in [0.05, 0.1) is 0 Å². The summed E-state index contributed by atoms with van der Waals surface area (Å²) in [5.74, 6) is 0. The van der Waals surface area contributed by atoms with Crippen molar-refractivity contribution >= 4 is 22.8 Å². The van der Waals surface area contributed by atoms with E-state index in [1.807, 2.05) is 31.2 Å². The summed E-state index contributed by atoms with van der Waals surface area (Å²) in [6, 6.07) is 12.2. The summed E-state index contributed by atoms with van der Waals surface area (Å²) in [5.41, 5.74) is 1.12. The number of fused-ring (bicyclic) bond motifs is 1. The van der Waals surface area contributed by atoms with Crippen molar-refractivity contribution in [1.82, 2.24) is 0 Å². The SMILES string of the molecule is Cc1ccc2ccccc2c1SO. The third-order valence-electron chi connectivity index (χ3n) is 2.17. The van der Waals surface area contributed by atoms with Gasteiger partial charge in [-0.2, -0.15) is 0 Å². The highest BCUT2D eigenvalue weighted by molar-refractivity contribution is 7.94. The van der Waals surface area contributed by atoms with Gasteiger partial charge in [-0.1, -0.05) is 36.4 Å². The lowest BCUT2D eigenvalue weighted by molar-refractivity contribution is 0.664. The van der Waals surface area contributed by atoms with Gasteiger partial charge in [0.1, 0.15) is 0 Å². The molecule has 13 heavy (non-hydrogen) atoms. The first-order valence-corrected chi connectivity index (χ1v) is 4.90. The lowest BCUT2D eigenvalue weighted by Crippen LogP contribution is -1.81. The van der Waals surface area contributed by atoms with E-state index in [-0.39, 0.29) is 0 Å². The van der Waals surface area contributed by atoms with Crippen molar-refractivity contribution in [2.45, 2.75) is 11.8 Å². The van der Waals surface area contributed by atoms with Gasteiger partial charge in [-0.05, 0) is 23.3 Å². The Hall–Kier alpha value is -0.990. The molecule has 0 aromatic heterocycles. The summed E-state index contributed by atoms with van der Waals surface area (Å²) in [5, 5.41) is 2.29. The quantitative estimate of drug-likeness (QED) is 0.692. The summed E-state index contributed by atoms with van der Waals surface area (Å²) in [4.78, 5) is 0.957. The van der Waals surface area contributed by atoms with Gasteiger partial charge in [0, 0.05) is 16.9 Å². The van der Waals surface area contributed by atoms with E-state index in [0.717, 1.165) is 27.9 Å². The van der Waals surface area contributed by atoms with Crippen molar-refractivity contribution < 1.29 is 4.55 Å². The second-order valence-corrected chi connectivity index (χ2v) is 3.61. The van der Waals surface area contributed by atoms with E-state index in [1.54, 1.807) is 0 Å². The maximum atomic E-state index is 9.13. The number of hydrogen-bond acceptors (Lipinski definition) is 2. The number of hydrogen-bond donors (Lipinski definition) is 1. The topological polar surface area (TPSA) is 20.2 Å². The van der Waals surface area contributed by atoms with Gasteiger partial charge in [0.25, 0.3) is 0 Å². The van der Waals surface area contributed by atoms with Crippen molar-refractivity contribution in [3.8, 4) is 0 Å². The van der Waals surface area contributed by atoms with E-state index in [1.165, 1.54) is 5.39 Å². The minimum atomic E-state index is 0.825. The normalized spacial score (nSPS) is 10.6. The van der Waals surface area contributed by atoms with Crippen molar-refractivity contribution in [2.24, 2.45) is 0 Å². The molecule has 2 aromatic rings. The fraction of sp³-hybridized carbons (Fsp3) is 0.0909. The second kappa shape index (κ2) is 3.40. The minimum absolute atomic E-state index is 0.825. The van der Waals surface area contributed by atoms with E-state index < -0.39 is 0 Å². The van der Waals surface area contributed by atoms with Crippen LogP contribution in [0, 0.1) is 6.92 Å². The maximum Gasteiger partial charge on any atom is 0.0458 e. The molecule has 2 aromatic carbocycles. The van der Waals surface area contributed by atoms with Crippen molar-refractivity contribution in [3.63, 3.8) is 0 Å². The number of rotatable bonds is 1. The van der Waals surface area contributed by atoms with Gasteiger partial charge in [0.15, 0.2) is 0 Å². The molecule has 2 rings (SSSR count). The van der Waals surface area contributed by atoms with Crippen LogP contribution in [0.4, 0.5) is 0 Å². The molecule has 0 unspecified atom stereocenters. The van der Waals surface area contributed by atoms with E-state index in [0.29, 0.717) is 0 Å². The Morgan fingerprint density at radius 2 is 1.85 bits per heavy atom. The van der Waals surface area contributed by atoms with Crippen LogP contribution in [-0.2, 0) is 0 Å². The molecule has 0 aliphatic carbocycles. The molecule has 0 aliphatic heterocycles. The molecule has 66 valence electrons. The Balaban J connectivity index is 2.84. The van der Waals surface area contributed by atoms with Gasteiger partial charge >= 0.3 is 0 Å². The first kappa shape index (κ1) is 8.60. The van der Waals surface area contributed by atoms with Crippen LogP contribution in [-0.4, -0.2) is 4.55 Å². The monoisotopic (exact) mass is 190 g/mol. The molecule has 0 saturated heterocycles. The smallest absolute Gasteiger partial charge is 0.0458 e. The molecule has 0 amide bonds. The Labute approximate surface area is 81.6 Å². The molecule has 1 nitrogen and oxygen atoms in total. The van der Waals surface area contributed by atoms with Gasteiger partial charge in [0.2, 0.25) is 0 Å². The van der Waals surface area contributed by atoms with Crippen LogP contribution >= 0.6 is 12.0 Å². The highest BCUT2D eigenvalue weighted by Crippen LogP contribution is 2.28. The van der Waals surface area contributed by atoms with Crippen LogP contribution in [0.3, 0.4) is 0 Å². The lowest BCUT2D eigenvalue weighted by Gasteiger charge is -2.05. The first-order chi connectivity index (χ1) is 6.33. The zero-order valence-corrected chi connectivity index (χ0v) is 8.14. The highest BCUT2D eigenvalue weighted by atomic mass is 32.2. The predicted octanol–water partition coefficient (Wildman–Crippen LogP) is 3.71. The Kier molecular flexibility index (Phi) is 2.25. The molecular weight excluding hydrogens is 180 g/mol. The maximum absolute atomic E-state index is 9.13. The van der Waals surface area contributed by atoms with Crippen LogP contribution in [0.5, 0.6) is 0 Å². The van der Waals surface area contributed by atoms with Crippen LogP contribution in [0.2, 0.25) is 0 Å². The highest BCUT2D eigenvalue weighted by Gasteiger charge is 2.02. The Morgan fingerprint density at radius 3 is 2.62 bits per heavy atom. The van der Waals surface area contributed by atoms with E-state index >= 15 is 0 Å². The standard InChI is InChI=1S/C11H10OS/c1-8-6-7-9-4-2-3-5-10(9)11(8)13-12/h2-7,12H,1H3. The van der Waals surface area contributed by atoms with Crippen LogP contribution < -0.4 is 0 Å². The summed E-state index contributed by atoms with van der Waals surface area (Å²) in [7, 11) is 0. The van der Waals surface area contributed by atoms with E-state index in [9.17, 15) is 0 Å². The van der Waals surface area contributed by atoms with Crippen molar-refractivity contribution in [3.05, 3.63) is 42.0 Å². The van der Waals surface area contributed by atoms with E-state index in [2.05, 4.69) is 12.1 Å². The summed E-state index contributed by atoms with van der Waals surface area (Å²) < 4.78 is 9.13. The largest absolute Gasteiger partial charge is 0.325 e. The van der Waals surface area contributed by atoms with Gasteiger partial charge in [-0.3, -0.25) is 0 Å². The average molecular weight is 190 g/mol. The molecular formula is C11H10OS. The molecule has 0 fully saturated rings. The molecule has 0 radical (unpaired) electrons. The molecule has 0 aliphatic rings. The fourth-order valence-electron chi connectivity index (χ4n) is 1.47. The molecule has 0 bridgehead atoms. The van der Waals surface area contributed by atoms with Crippen molar-refractivity contribution in [2.75, 3.05) is 0 Å². The summed E-state index contributed by atoms with van der Waals surface area (Å²) in [6.07, 6.45) is 0. The Morgan fingerprint density at radius 1 is 1.08 bits per heavy atom. The lowest BCUT2D eigenvalue weighted by atomic mass is 10.1. The molecule has 1 N–H and O–H groups in total. The first-order valence-electron chi connectivity index (χ1n) is 4.12. The average Bonchev–Trinajstić information content (AvgIpc) is 2.18. The van der Waals surface area contributed by atoms with Crippen molar-refractivity contribution in [1.29, 1.82) is 0 Å². The minimum Gasteiger partial charge on any atom is -0.325 e. The van der Waals surface area contributed by atoms with Crippen LogP contribution in [0.15, 0.2) is 41.3 Å². The van der Waals surface area contributed by atoms with Gasteiger partial charge in [-0.25, -0.2) is 0 Å². The molecule has 2 heteroatoms. The fourth-order valence-corrected chi connectivity index (χ4v) is 1.97. The van der Waals surface area contributed by atoms with Crippen LogP contribution in [0.25, 0.3) is 10.8 Å². The Bertz CT molecular complexity index is 437. The zero-order chi connectivity index (χ0) is 9.26. The van der Waals surface area contributed by atoms with E-state index in [4.69, 9.17) is 4.55 Å². The second-order valence-electron chi connectivity index (χ2n) is 3.02. The zero-order valence-electron chi connectivity index (χ0n) is 7.32. The third kappa shape index (κ3) is 1.43.